The maximum atomic E-state index is 3.56. The molecule has 0 aromatic heterocycles. The Labute approximate surface area is 192 Å². The summed E-state index contributed by atoms with van der Waals surface area (Å²) in [6, 6.07) is 23.9. The third kappa shape index (κ3) is 5.13. The summed E-state index contributed by atoms with van der Waals surface area (Å²) in [5.74, 6) is 0. The largest absolute Gasteiger partial charge is 0.310 e. The van der Waals surface area contributed by atoms with E-state index in [0.29, 0.717) is 0 Å². The first-order valence-electron chi connectivity index (χ1n) is 9.93. The number of hydrogen-bond donors (Lipinski definition) is 0. The molecular formula is C26H29Br2N. The molecule has 0 unspecified atom stereocenters. The molecule has 1 nitrogen and oxygen atoms in total. The van der Waals surface area contributed by atoms with E-state index in [0.717, 1.165) is 20.3 Å². The number of hydrogen-bond acceptors (Lipinski definition) is 1. The standard InChI is InChI=1S/C26H29Br2N/c1-25(2,3)23-16-15-22(17-24(23)26(4,5)6)29(20-11-7-18(27)8-12-20)21-13-9-19(28)10-14-21/h7-17H,1-6H3. The van der Waals surface area contributed by atoms with Crippen LogP contribution in [0.1, 0.15) is 52.7 Å². The fourth-order valence-corrected chi connectivity index (χ4v) is 4.10. The summed E-state index contributed by atoms with van der Waals surface area (Å²) >= 11 is 7.12. The van der Waals surface area contributed by atoms with Crippen LogP contribution in [0.3, 0.4) is 0 Å². The number of rotatable bonds is 3. The van der Waals surface area contributed by atoms with Crippen molar-refractivity contribution < 1.29 is 0 Å². The van der Waals surface area contributed by atoms with E-state index in [4.69, 9.17) is 0 Å². The van der Waals surface area contributed by atoms with Crippen molar-refractivity contribution in [3.05, 3.63) is 86.8 Å². The van der Waals surface area contributed by atoms with Gasteiger partial charge in [-0.1, -0.05) is 79.5 Å². The van der Waals surface area contributed by atoms with Crippen molar-refractivity contribution in [3.63, 3.8) is 0 Å². The number of halogens is 2. The van der Waals surface area contributed by atoms with Crippen LogP contribution in [0.15, 0.2) is 75.7 Å². The van der Waals surface area contributed by atoms with Gasteiger partial charge in [-0.3, -0.25) is 0 Å². The molecule has 0 spiro atoms. The fourth-order valence-electron chi connectivity index (χ4n) is 3.57. The van der Waals surface area contributed by atoms with Crippen molar-refractivity contribution >= 4 is 48.9 Å². The first-order chi connectivity index (χ1) is 13.5. The Kier molecular flexibility index (Phi) is 6.31. The summed E-state index contributed by atoms with van der Waals surface area (Å²) in [5.41, 5.74) is 6.40. The smallest absolute Gasteiger partial charge is 0.0464 e. The predicted octanol–water partition coefficient (Wildman–Crippen LogP) is 9.28. The Morgan fingerprint density at radius 3 is 1.28 bits per heavy atom. The van der Waals surface area contributed by atoms with Gasteiger partial charge < -0.3 is 4.90 Å². The van der Waals surface area contributed by atoms with Gasteiger partial charge in [0.2, 0.25) is 0 Å². The molecule has 3 rings (SSSR count). The van der Waals surface area contributed by atoms with Crippen LogP contribution in [0.5, 0.6) is 0 Å². The predicted molar refractivity (Wildman–Crippen MR) is 134 cm³/mol. The van der Waals surface area contributed by atoms with Crippen LogP contribution in [0, 0.1) is 0 Å². The van der Waals surface area contributed by atoms with Crippen molar-refractivity contribution in [2.45, 2.75) is 52.4 Å². The summed E-state index contributed by atoms with van der Waals surface area (Å²) in [6.45, 7) is 13.8. The Hall–Kier alpha value is -1.58. The van der Waals surface area contributed by atoms with Crippen LogP contribution >= 0.6 is 31.9 Å². The van der Waals surface area contributed by atoms with Gasteiger partial charge in [-0.2, -0.15) is 0 Å². The van der Waals surface area contributed by atoms with E-state index < -0.39 is 0 Å². The second-order valence-electron chi connectivity index (χ2n) is 9.52. The highest BCUT2D eigenvalue weighted by molar-refractivity contribution is 9.10. The minimum Gasteiger partial charge on any atom is -0.310 e. The highest BCUT2D eigenvalue weighted by atomic mass is 79.9. The van der Waals surface area contributed by atoms with Crippen LogP contribution in [-0.4, -0.2) is 0 Å². The van der Waals surface area contributed by atoms with Crippen molar-refractivity contribution in [3.8, 4) is 0 Å². The van der Waals surface area contributed by atoms with Crippen LogP contribution < -0.4 is 4.90 Å². The molecule has 0 radical (unpaired) electrons. The third-order valence-electron chi connectivity index (χ3n) is 5.05. The molecule has 29 heavy (non-hydrogen) atoms. The topological polar surface area (TPSA) is 3.24 Å². The molecule has 3 aromatic carbocycles. The molecule has 0 bridgehead atoms. The summed E-state index contributed by atoms with van der Waals surface area (Å²) in [6.07, 6.45) is 0. The summed E-state index contributed by atoms with van der Waals surface area (Å²) in [5, 5.41) is 0. The lowest BCUT2D eigenvalue weighted by Crippen LogP contribution is -2.23. The van der Waals surface area contributed by atoms with E-state index in [9.17, 15) is 0 Å². The number of anilines is 3. The van der Waals surface area contributed by atoms with Crippen molar-refractivity contribution in [1.29, 1.82) is 0 Å². The Morgan fingerprint density at radius 1 is 0.517 bits per heavy atom. The molecule has 0 aliphatic rings. The number of nitrogens with zero attached hydrogens (tertiary/aromatic N) is 1. The quantitative estimate of drug-likeness (QED) is 0.336. The molecule has 0 fully saturated rings. The van der Waals surface area contributed by atoms with Gasteiger partial charge in [-0.15, -0.1) is 0 Å². The summed E-state index contributed by atoms with van der Waals surface area (Å²) in [7, 11) is 0. The van der Waals surface area contributed by atoms with E-state index in [2.05, 4.69) is 145 Å². The van der Waals surface area contributed by atoms with Crippen LogP contribution in [0.25, 0.3) is 0 Å². The van der Waals surface area contributed by atoms with Gasteiger partial charge in [0, 0.05) is 26.0 Å². The molecule has 0 amide bonds. The Balaban J connectivity index is 2.23. The van der Waals surface area contributed by atoms with Crippen LogP contribution in [0.2, 0.25) is 0 Å². The lowest BCUT2D eigenvalue weighted by atomic mass is 9.75. The molecule has 152 valence electrons. The van der Waals surface area contributed by atoms with Gasteiger partial charge in [0.1, 0.15) is 0 Å². The van der Waals surface area contributed by atoms with Gasteiger partial charge in [-0.05, 0) is 82.6 Å². The highest BCUT2D eigenvalue weighted by Crippen LogP contribution is 2.41. The molecule has 0 aliphatic heterocycles. The second-order valence-corrected chi connectivity index (χ2v) is 11.3. The molecule has 3 heteroatoms. The maximum absolute atomic E-state index is 3.56. The molecule has 3 aromatic rings. The van der Waals surface area contributed by atoms with Gasteiger partial charge in [0.15, 0.2) is 0 Å². The Bertz CT molecular complexity index is 930. The second kappa shape index (κ2) is 8.28. The van der Waals surface area contributed by atoms with Crippen molar-refractivity contribution in [2.75, 3.05) is 4.90 Å². The normalized spacial score (nSPS) is 12.1. The van der Waals surface area contributed by atoms with E-state index in [-0.39, 0.29) is 10.8 Å². The van der Waals surface area contributed by atoms with Gasteiger partial charge in [-0.25, -0.2) is 0 Å². The van der Waals surface area contributed by atoms with Gasteiger partial charge in [0.05, 0.1) is 0 Å². The highest BCUT2D eigenvalue weighted by Gasteiger charge is 2.26. The maximum Gasteiger partial charge on any atom is 0.0464 e. The Morgan fingerprint density at radius 2 is 0.897 bits per heavy atom. The molecule has 0 saturated heterocycles. The zero-order valence-corrected chi connectivity index (χ0v) is 21.2. The van der Waals surface area contributed by atoms with Crippen molar-refractivity contribution in [1.82, 2.24) is 0 Å². The van der Waals surface area contributed by atoms with E-state index >= 15 is 0 Å². The monoisotopic (exact) mass is 513 g/mol. The lowest BCUT2D eigenvalue weighted by molar-refractivity contribution is 0.530. The van der Waals surface area contributed by atoms with Gasteiger partial charge in [0.25, 0.3) is 0 Å². The average molecular weight is 515 g/mol. The lowest BCUT2D eigenvalue weighted by Gasteiger charge is -2.33. The molecule has 0 heterocycles. The molecule has 0 N–H and O–H groups in total. The first-order valence-corrected chi connectivity index (χ1v) is 11.5. The first kappa shape index (κ1) is 22.1. The van der Waals surface area contributed by atoms with E-state index in [1.807, 2.05) is 0 Å². The number of benzene rings is 3. The van der Waals surface area contributed by atoms with Gasteiger partial charge >= 0.3 is 0 Å². The van der Waals surface area contributed by atoms with E-state index in [1.165, 1.54) is 16.8 Å². The zero-order valence-electron chi connectivity index (χ0n) is 18.1. The molecular weight excluding hydrogens is 486 g/mol. The molecule has 0 atom stereocenters. The van der Waals surface area contributed by atoms with E-state index in [1.54, 1.807) is 0 Å². The fraction of sp³-hybridized carbons (Fsp3) is 0.308. The van der Waals surface area contributed by atoms with Crippen molar-refractivity contribution in [2.24, 2.45) is 0 Å². The third-order valence-corrected chi connectivity index (χ3v) is 6.10. The van der Waals surface area contributed by atoms with Crippen LogP contribution in [0.4, 0.5) is 17.1 Å². The van der Waals surface area contributed by atoms with Crippen LogP contribution in [-0.2, 0) is 10.8 Å². The molecule has 0 aliphatic carbocycles. The summed E-state index contributed by atoms with van der Waals surface area (Å²) in [4.78, 5) is 2.32. The SMILES string of the molecule is CC(C)(C)c1ccc(N(c2ccc(Br)cc2)c2ccc(Br)cc2)cc1C(C)(C)C. The zero-order chi connectivity index (χ0) is 21.4. The summed E-state index contributed by atoms with van der Waals surface area (Å²) < 4.78 is 2.16. The minimum atomic E-state index is 0.0593. The average Bonchev–Trinajstić information content (AvgIpc) is 2.63. The minimum absolute atomic E-state index is 0.0593. The molecule has 0 saturated carbocycles.